The first-order valence-electron chi connectivity index (χ1n) is 6.42. The molecule has 2 N–H and O–H groups in total. The lowest BCUT2D eigenvalue weighted by Crippen LogP contribution is -2.51. The third-order valence-corrected chi connectivity index (χ3v) is 3.55. The fourth-order valence-corrected chi connectivity index (χ4v) is 2.43. The Labute approximate surface area is 108 Å². The molecule has 2 unspecified atom stereocenters. The van der Waals surface area contributed by atoms with Crippen molar-refractivity contribution < 1.29 is 0 Å². The predicted octanol–water partition coefficient (Wildman–Crippen LogP) is -1.28. The number of nitrogens with two attached hydrogens (primary N) is 1. The zero-order valence-corrected chi connectivity index (χ0v) is 11.5. The van der Waals surface area contributed by atoms with Crippen LogP contribution in [0.15, 0.2) is 0 Å². The summed E-state index contributed by atoms with van der Waals surface area (Å²) in [5, 5.41) is 12.0. The second-order valence-electron chi connectivity index (χ2n) is 5.29. The van der Waals surface area contributed by atoms with Crippen LogP contribution >= 0.6 is 0 Å². The summed E-state index contributed by atoms with van der Waals surface area (Å²) in [5.74, 6) is 0.733. The van der Waals surface area contributed by atoms with Crippen molar-refractivity contribution in [2.45, 2.75) is 24.9 Å². The largest absolute Gasteiger partial charge is 0.327 e. The maximum atomic E-state index is 6.19. The molecular weight excluding hydrogens is 230 g/mol. The number of aryl methyl sites for hydroxylation is 1. The summed E-state index contributed by atoms with van der Waals surface area (Å²) in [6.07, 6.45) is 1.67. The average molecular weight is 253 g/mol. The number of nitrogens with zero attached hydrogens (tertiary/aromatic N) is 6. The molecule has 102 valence electrons. The predicted molar refractivity (Wildman–Crippen MR) is 69.0 cm³/mol. The standard InChI is InChI=1S/C11H23N7/c1-16-4-5-17(2)10(8-16)6-9(12)7-11-13-15-18(3)14-11/h9-10H,4-8,12H2,1-3H3. The van der Waals surface area contributed by atoms with Gasteiger partial charge in [-0.1, -0.05) is 0 Å². The molecule has 2 rings (SSSR count). The molecule has 2 heterocycles. The number of piperazine rings is 1. The minimum Gasteiger partial charge on any atom is -0.327 e. The molecule has 0 aliphatic carbocycles. The highest BCUT2D eigenvalue weighted by molar-refractivity contribution is 4.88. The van der Waals surface area contributed by atoms with Crippen molar-refractivity contribution in [2.75, 3.05) is 33.7 Å². The summed E-state index contributed by atoms with van der Waals surface area (Å²) in [6.45, 7) is 3.32. The molecule has 7 heteroatoms. The second-order valence-corrected chi connectivity index (χ2v) is 5.29. The van der Waals surface area contributed by atoms with Gasteiger partial charge in [0, 0.05) is 38.1 Å². The van der Waals surface area contributed by atoms with Gasteiger partial charge in [0.25, 0.3) is 0 Å². The highest BCUT2D eigenvalue weighted by Gasteiger charge is 2.24. The van der Waals surface area contributed by atoms with E-state index in [1.165, 1.54) is 4.80 Å². The van der Waals surface area contributed by atoms with Crippen molar-refractivity contribution in [1.29, 1.82) is 0 Å². The Balaban J connectivity index is 1.84. The van der Waals surface area contributed by atoms with Crippen LogP contribution < -0.4 is 5.73 Å². The molecule has 0 saturated carbocycles. The maximum absolute atomic E-state index is 6.19. The molecule has 1 fully saturated rings. The molecule has 7 nitrogen and oxygen atoms in total. The van der Waals surface area contributed by atoms with E-state index in [9.17, 15) is 0 Å². The van der Waals surface area contributed by atoms with Crippen LogP contribution in [0, 0.1) is 0 Å². The first kappa shape index (κ1) is 13.4. The topological polar surface area (TPSA) is 76.1 Å². The Morgan fingerprint density at radius 1 is 1.33 bits per heavy atom. The molecule has 0 amide bonds. The lowest BCUT2D eigenvalue weighted by atomic mass is 10.0. The van der Waals surface area contributed by atoms with Gasteiger partial charge in [-0.25, -0.2) is 0 Å². The first-order valence-corrected chi connectivity index (χ1v) is 6.42. The van der Waals surface area contributed by atoms with Gasteiger partial charge in [0.05, 0.1) is 7.05 Å². The van der Waals surface area contributed by atoms with Gasteiger partial charge in [0.15, 0.2) is 5.82 Å². The second kappa shape index (κ2) is 5.73. The highest BCUT2D eigenvalue weighted by Crippen LogP contribution is 2.12. The van der Waals surface area contributed by atoms with Gasteiger partial charge < -0.3 is 15.5 Å². The van der Waals surface area contributed by atoms with Crippen LogP contribution in [0.1, 0.15) is 12.2 Å². The Kier molecular flexibility index (Phi) is 4.26. The summed E-state index contributed by atoms with van der Waals surface area (Å²) in [4.78, 5) is 6.23. The van der Waals surface area contributed by atoms with E-state index < -0.39 is 0 Å². The molecule has 0 aromatic carbocycles. The number of hydrogen-bond acceptors (Lipinski definition) is 6. The lowest BCUT2D eigenvalue weighted by molar-refractivity contribution is 0.104. The van der Waals surface area contributed by atoms with Crippen LogP contribution in [-0.4, -0.2) is 75.8 Å². The number of rotatable bonds is 4. The lowest BCUT2D eigenvalue weighted by Gasteiger charge is -2.38. The van der Waals surface area contributed by atoms with Crippen molar-refractivity contribution in [3.05, 3.63) is 5.82 Å². The number of likely N-dealkylation sites (N-methyl/N-ethyl adjacent to an activating group) is 2. The van der Waals surface area contributed by atoms with Gasteiger partial charge in [-0.15, -0.1) is 10.2 Å². The molecule has 1 aromatic rings. The molecule has 1 aliphatic heterocycles. The van der Waals surface area contributed by atoms with Crippen LogP contribution in [0.2, 0.25) is 0 Å². The Bertz CT molecular complexity index is 377. The van der Waals surface area contributed by atoms with Gasteiger partial charge >= 0.3 is 0 Å². The van der Waals surface area contributed by atoms with E-state index in [0.717, 1.165) is 31.9 Å². The third-order valence-electron chi connectivity index (χ3n) is 3.55. The normalized spacial score (nSPS) is 24.3. The van der Waals surface area contributed by atoms with E-state index in [0.29, 0.717) is 12.5 Å². The fourth-order valence-electron chi connectivity index (χ4n) is 2.43. The van der Waals surface area contributed by atoms with Gasteiger partial charge in [0.2, 0.25) is 0 Å². The van der Waals surface area contributed by atoms with E-state index in [1.807, 2.05) is 0 Å². The van der Waals surface area contributed by atoms with Crippen LogP contribution in [0.25, 0.3) is 0 Å². The molecule has 18 heavy (non-hydrogen) atoms. The molecular formula is C11H23N7. The van der Waals surface area contributed by atoms with Crippen LogP contribution in [-0.2, 0) is 13.5 Å². The molecule has 1 aliphatic rings. The van der Waals surface area contributed by atoms with E-state index in [4.69, 9.17) is 5.73 Å². The summed E-state index contributed by atoms with van der Waals surface area (Å²) >= 11 is 0. The van der Waals surface area contributed by atoms with Gasteiger partial charge in [0.1, 0.15) is 0 Å². The van der Waals surface area contributed by atoms with Crippen LogP contribution in [0.4, 0.5) is 0 Å². The summed E-state index contributed by atoms with van der Waals surface area (Å²) < 4.78 is 0. The molecule has 0 radical (unpaired) electrons. The van der Waals surface area contributed by atoms with Crippen molar-refractivity contribution in [1.82, 2.24) is 30.0 Å². The molecule has 0 bridgehead atoms. The minimum absolute atomic E-state index is 0.0909. The summed E-state index contributed by atoms with van der Waals surface area (Å²) in [5.41, 5.74) is 6.19. The Morgan fingerprint density at radius 2 is 2.11 bits per heavy atom. The zero-order chi connectivity index (χ0) is 13.1. The van der Waals surface area contributed by atoms with Crippen molar-refractivity contribution in [2.24, 2.45) is 12.8 Å². The number of aromatic nitrogens is 4. The highest BCUT2D eigenvalue weighted by atomic mass is 15.6. The molecule has 1 aromatic heterocycles. The van der Waals surface area contributed by atoms with Crippen LogP contribution in [0.3, 0.4) is 0 Å². The summed E-state index contributed by atoms with van der Waals surface area (Å²) in [6, 6.07) is 0.614. The van der Waals surface area contributed by atoms with Gasteiger partial charge in [-0.3, -0.25) is 0 Å². The van der Waals surface area contributed by atoms with Gasteiger partial charge in [-0.2, -0.15) is 4.80 Å². The van der Waals surface area contributed by atoms with Gasteiger partial charge in [-0.05, 0) is 25.7 Å². The fraction of sp³-hybridized carbons (Fsp3) is 0.909. The zero-order valence-electron chi connectivity index (χ0n) is 11.5. The minimum atomic E-state index is 0.0909. The SMILES string of the molecule is CN1CCN(C)C(CC(N)Cc2nnn(C)n2)C1. The Hall–Kier alpha value is -1.05. The smallest absolute Gasteiger partial charge is 0.176 e. The van der Waals surface area contributed by atoms with E-state index in [2.05, 4.69) is 39.3 Å². The quantitative estimate of drug-likeness (QED) is 0.720. The van der Waals surface area contributed by atoms with E-state index in [1.54, 1.807) is 7.05 Å². The third kappa shape index (κ3) is 3.47. The Morgan fingerprint density at radius 3 is 2.78 bits per heavy atom. The van der Waals surface area contributed by atoms with Crippen molar-refractivity contribution in [3.63, 3.8) is 0 Å². The van der Waals surface area contributed by atoms with Crippen molar-refractivity contribution >= 4 is 0 Å². The number of tetrazole rings is 1. The van der Waals surface area contributed by atoms with Crippen molar-refractivity contribution in [3.8, 4) is 0 Å². The average Bonchev–Trinajstić information content (AvgIpc) is 2.69. The molecule has 2 atom stereocenters. The number of hydrogen-bond donors (Lipinski definition) is 1. The summed E-state index contributed by atoms with van der Waals surface area (Å²) in [7, 11) is 6.10. The molecule has 1 saturated heterocycles. The van der Waals surface area contributed by atoms with E-state index in [-0.39, 0.29) is 6.04 Å². The maximum Gasteiger partial charge on any atom is 0.176 e. The first-order chi connectivity index (χ1) is 8.54. The monoisotopic (exact) mass is 253 g/mol. The van der Waals surface area contributed by atoms with E-state index >= 15 is 0 Å². The molecule has 0 spiro atoms. The van der Waals surface area contributed by atoms with Crippen LogP contribution in [0.5, 0.6) is 0 Å².